The minimum Gasteiger partial charge on any atom is -0.338 e. The van der Waals surface area contributed by atoms with E-state index in [-0.39, 0.29) is 5.91 Å². The molecular formula is C16H25N3OS. The van der Waals surface area contributed by atoms with Crippen LogP contribution in [0.5, 0.6) is 0 Å². The van der Waals surface area contributed by atoms with Crippen LogP contribution in [0.3, 0.4) is 0 Å². The molecule has 2 aliphatic heterocycles. The number of rotatable bonds is 5. The average molecular weight is 307 g/mol. The summed E-state index contributed by atoms with van der Waals surface area (Å²) in [5.41, 5.74) is 0.952. The summed E-state index contributed by atoms with van der Waals surface area (Å²) in [4.78, 5) is 21.7. The van der Waals surface area contributed by atoms with Gasteiger partial charge in [0.1, 0.15) is 0 Å². The van der Waals surface area contributed by atoms with E-state index in [4.69, 9.17) is 0 Å². The van der Waals surface area contributed by atoms with Crippen LogP contribution in [0.1, 0.15) is 43.3 Å². The zero-order valence-corrected chi connectivity index (χ0v) is 13.7. The SMILES string of the molecule is CCc1nc(CC(=O)N2CCC[C@@H]2CN2CCCC2)cs1. The Balaban J connectivity index is 1.57. The Morgan fingerprint density at radius 2 is 2.14 bits per heavy atom. The fraction of sp³-hybridized carbons (Fsp3) is 0.750. The van der Waals surface area contributed by atoms with Gasteiger partial charge in [0.25, 0.3) is 0 Å². The summed E-state index contributed by atoms with van der Waals surface area (Å²) in [5, 5.41) is 3.18. The number of aromatic nitrogens is 1. The van der Waals surface area contributed by atoms with Crippen molar-refractivity contribution < 1.29 is 4.79 Å². The lowest BCUT2D eigenvalue weighted by Gasteiger charge is -2.28. The summed E-state index contributed by atoms with van der Waals surface area (Å²) in [6.45, 7) is 6.54. The van der Waals surface area contributed by atoms with Gasteiger partial charge in [0.05, 0.1) is 17.1 Å². The highest BCUT2D eigenvalue weighted by atomic mass is 32.1. The van der Waals surface area contributed by atoms with Gasteiger partial charge in [0.15, 0.2) is 0 Å². The standard InChI is InChI=1S/C16H25N3OS/c1-2-15-17-13(12-21-15)10-16(20)19-9-5-6-14(19)11-18-7-3-4-8-18/h12,14H,2-11H2,1H3/t14-/m1/s1. The third-order valence-electron chi connectivity index (χ3n) is 4.60. The van der Waals surface area contributed by atoms with Gasteiger partial charge < -0.3 is 9.80 Å². The van der Waals surface area contributed by atoms with Gasteiger partial charge in [-0.2, -0.15) is 0 Å². The number of hydrogen-bond donors (Lipinski definition) is 0. The van der Waals surface area contributed by atoms with Gasteiger partial charge in [-0.25, -0.2) is 4.98 Å². The summed E-state index contributed by atoms with van der Waals surface area (Å²) < 4.78 is 0. The molecule has 0 spiro atoms. The third-order valence-corrected chi connectivity index (χ3v) is 5.64. The maximum absolute atomic E-state index is 12.6. The maximum Gasteiger partial charge on any atom is 0.228 e. The molecule has 2 saturated heterocycles. The number of thiazole rings is 1. The average Bonchev–Trinajstić information content (AvgIpc) is 3.20. The van der Waals surface area contributed by atoms with Crippen molar-refractivity contribution >= 4 is 17.2 Å². The largest absolute Gasteiger partial charge is 0.338 e. The Morgan fingerprint density at radius 3 is 2.86 bits per heavy atom. The van der Waals surface area contributed by atoms with Crippen LogP contribution >= 0.6 is 11.3 Å². The van der Waals surface area contributed by atoms with Crippen molar-refractivity contribution in [1.82, 2.24) is 14.8 Å². The van der Waals surface area contributed by atoms with E-state index in [1.807, 2.05) is 5.38 Å². The molecule has 0 N–H and O–H groups in total. The van der Waals surface area contributed by atoms with Gasteiger partial charge in [-0.15, -0.1) is 11.3 Å². The number of hydrogen-bond acceptors (Lipinski definition) is 4. The summed E-state index contributed by atoms with van der Waals surface area (Å²) >= 11 is 1.67. The highest BCUT2D eigenvalue weighted by Gasteiger charge is 2.30. The molecule has 0 saturated carbocycles. The molecule has 2 aliphatic rings. The summed E-state index contributed by atoms with van der Waals surface area (Å²) in [7, 11) is 0. The van der Waals surface area contributed by atoms with E-state index in [1.165, 1.54) is 32.4 Å². The number of carbonyl (C=O) groups is 1. The van der Waals surface area contributed by atoms with Crippen molar-refractivity contribution in [3.8, 4) is 0 Å². The van der Waals surface area contributed by atoms with E-state index in [2.05, 4.69) is 21.7 Å². The Hall–Kier alpha value is -0.940. The van der Waals surface area contributed by atoms with Gasteiger partial charge in [-0.05, 0) is 45.2 Å². The number of amides is 1. The molecule has 0 unspecified atom stereocenters. The second-order valence-electron chi connectivity index (χ2n) is 6.15. The van der Waals surface area contributed by atoms with E-state index >= 15 is 0 Å². The second-order valence-corrected chi connectivity index (χ2v) is 7.10. The molecule has 21 heavy (non-hydrogen) atoms. The predicted molar refractivity (Wildman–Crippen MR) is 85.6 cm³/mol. The highest BCUT2D eigenvalue weighted by molar-refractivity contribution is 7.09. The van der Waals surface area contributed by atoms with Crippen LogP contribution in [-0.4, -0.2) is 52.9 Å². The van der Waals surface area contributed by atoms with Crippen LogP contribution in [0.15, 0.2) is 5.38 Å². The fourth-order valence-electron chi connectivity index (χ4n) is 3.47. The first kappa shape index (κ1) is 15.0. The molecule has 5 heteroatoms. The quantitative estimate of drug-likeness (QED) is 0.838. The predicted octanol–water partition coefficient (Wildman–Crippen LogP) is 2.33. The Kier molecular flexibility index (Phi) is 4.91. The van der Waals surface area contributed by atoms with E-state index in [9.17, 15) is 4.79 Å². The molecule has 1 atom stereocenters. The smallest absolute Gasteiger partial charge is 0.228 e. The van der Waals surface area contributed by atoms with Crippen LogP contribution in [0.25, 0.3) is 0 Å². The van der Waals surface area contributed by atoms with Gasteiger partial charge >= 0.3 is 0 Å². The Bertz CT molecular complexity index is 482. The molecule has 1 aromatic rings. The summed E-state index contributed by atoms with van der Waals surface area (Å²) in [6, 6.07) is 0.430. The van der Waals surface area contributed by atoms with Crippen molar-refractivity contribution in [3.63, 3.8) is 0 Å². The van der Waals surface area contributed by atoms with Gasteiger partial charge in [-0.1, -0.05) is 6.92 Å². The number of nitrogens with zero attached hydrogens (tertiary/aromatic N) is 3. The third kappa shape index (κ3) is 3.64. The van der Waals surface area contributed by atoms with Crippen molar-refractivity contribution in [2.75, 3.05) is 26.2 Å². The van der Waals surface area contributed by atoms with Crippen LogP contribution < -0.4 is 0 Å². The molecule has 0 aliphatic carbocycles. The lowest BCUT2D eigenvalue weighted by atomic mass is 10.2. The van der Waals surface area contributed by atoms with E-state index in [0.29, 0.717) is 12.5 Å². The van der Waals surface area contributed by atoms with Crippen LogP contribution in [0.4, 0.5) is 0 Å². The minimum absolute atomic E-state index is 0.268. The van der Waals surface area contributed by atoms with E-state index in [0.717, 1.165) is 36.6 Å². The van der Waals surface area contributed by atoms with Crippen molar-refractivity contribution in [1.29, 1.82) is 0 Å². The molecule has 1 amide bonds. The first-order chi connectivity index (χ1) is 10.3. The lowest BCUT2D eigenvalue weighted by Crippen LogP contribution is -2.43. The summed E-state index contributed by atoms with van der Waals surface area (Å²) in [5.74, 6) is 0.268. The van der Waals surface area contributed by atoms with Crippen molar-refractivity contribution in [3.05, 3.63) is 16.1 Å². The zero-order chi connectivity index (χ0) is 14.7. The van der Waals surface area contributed by atoms with Gasteiger partial charge in [-0.3, -0.25) is 4.79 Å². The molecule has 0 bridgehead atoms. The zero-order valence-electron chi connectivity index (χ0n) is 12.9. The van der Waals surface area contributed by atoms with Crippen molar-refractivity contribution in [2.24, 2.45) is 0 Å². The first-order valence-electron chi connectivity index (χ1n) is 8.21. The second kappa shape index (κ2) is 6.88. The number of aryl methyl sites for hydroxylation is 1. The Morgan fingerprint density at radius 1 is 1.33 bits per heavy atom. The normalized spacial score (nSPS) is 23.1. The molecule has 3 rings (SSSR count). The molecule has 0 radical (unpaired) electrons. The molecule has 0 aromatic carbocycles. The molecule has 116 valence electrons. The van der Waals surface area contributed by atoms with E-state index < -0.39 is 0 Å². The van der Waals surface area contributed by atoms with Crippen LogP contribution in [0.2, 0.25) is 0 Å². The molecule has 1 aromatic heterocycles. The molecular weight excluding hydrogens is 282 g/mol. The van der Waals surface area contributed by atoms with E-state index in [1.54, 1.807) is 11.3 Å². The topological polar surface area (TPSA) is 36.4 Å². The van der Waals surface area contributed by atoms with Gasteiger partial charge in [0, 0.05) is 24.5 Å². The lowest BCUT2D eigenvalue weighted by molar-refractivity contribution is -0.131. The van der Waals surface area contributed by atoms with Crippen LogP contribution in [0, 0.1) is 0 Å². The minimum atomic E-state index is 0.268. The molecule has 4 nitrogen and oxygen atoms in total. The Labute approximate surface area is 131 Å². The highest BCUT2D eigenvalue weighted by Crippen LogP contribution is 2.22. The number of likely N-dealkylation sites (tertiary alicyclic amines) is 2. The fourth-order valence-corrected chi connectivity index (χ4v) is 4.21. The van der Waals surface area contributed by atoms with Gasteiger partial charge in [0.2, 0.25) is 5.91 Å². The van der Waals surface area contributed by atoms with Crippen LogP contribution in [-0.2, 0) is 17.6 Å². The monoisotopic (exact) mass is 307 g/mol. The molecule has 2 fully saturated rings. The maximum atomic E-state index is 12.6. The number of carbonyl (C=O) groups excluding carboxylic acids is 1. The van der Waals surface area contributed by atoms with Crippen molar-refractivity contribution in [2.45, 2.75) is 51.5 Å². The summed E-state index contributed by atoms with van der Waals surface area (Å²) in [6.07, 6.45) is 6.40. The first-order valence-corrected chi connectivity index (χ1v) is 9.09. The molecule has 3 heterocycles.